The Bertz CT molecular complexity index is 380. The van der Waals surface area contributed by atoms with E-state index < -0.39 is 9.84 Å². The quantitative estimate of drug-likeness (QED) is 0.854. The number of hydrogen-bond donors (Lipinski definition) is 1. The van der Waals surface area contributed by atoms with Crippen LogP contribution in [0.1, 0.15) is 32.6 Å². The van der Waals surface area contributed by atoms with Crippen molar-refractivity contribution < 1.29 is 8.42 Å². The maximum atomic E-state index is 11.6. The predicted molar refractivity (Wildman–Crippen MR) is 81.8 cm³/mol. The molecular weight excluding hydrogens is 284 g/mol. The minimum atomic E-state index is -2.85. The molecule has 19 heavy (non-hydrogen) atoms. The molecule has 0 aromatic carbocycles. The average Bonchev–Trinajstić information content (AvgIpc) is 2.54. The van der Waals surface area contributed by atoms with Crippen molar-refractivity contribution in [2.75, 3.05) is 39.0 Å². The summed E-state index contributed by atoms with van der Waals surface area (Å²) in [5, 5.41) is 3.31. The Morgan fingerprint density at radius 1 is 1.32 bits per heavy atom. The van der Waals surface area contributed by atoms with Crippen molar-refractivity contribution in [3.63, 3.8) is 0 Å². The van der Waals surface area contributed by atoms with Crippen molar-refractivity contribution in [3.05, 3.63) is 0 Å². The van der Waals surface area contributed by atoms with Crippen molar-refractivity contribution in [1.29, 1.82) is 0 Å². The Balaban J connectivity index is 0.00000180. The number of likely N-dealkylation sites (tertiary alicyclic amines) is 1. The van der Waals surface area contributed by atoms with E-state index in [0.717, 1.165) is 52.0 Å². The van der Waals surface area contributed by atoms with Gasteiger partial charge in [-0.3, -0.25) is 0 Å². The molecule has 2 fully saturated rings. The standard InChI is InChI=1S/C13H26N2O2S.ClH/c1-13(6-7-14-10-13)11-15-8-3-4-12(5-9-15)18(2,16)17;/h12,14H,3-11H2,1-2H3;1H. The topological polar surface area (TPSA) is 49.4 Å². The largest absolute Gasteiger partial charge is 0.316 e. The van der Waals surface area contributed by atoms with E-state index in [-0.39, 0.29) is 17.7 Å². The third kappa shape index (κ3) is 4.88. The normalized spacial score (nSPS) is 33.7. The summed E-state index contributed by atoms with van der Waals surface area (Å²) in [7, 11) is -2.85. The van der Waals surface area contributed by atoms with Gasteiger partial charge in [0.2, 0.25) is 0 Å². The Hall–Kier alpha value is 0.160. The number of halogens is 1. The highest BCUT2D eigenvalue weighted by molar-refractivity contribution is 7.91. The summed E-state index contributed by atoms with van der Waals surface area (Å²) < 4.78 is 23.2. The Labute approximate surface area is 123 Å². The van der Waals surface area contributed by atoms with E-state index >= 15 is 0 Å². The first-order valence-corrected chi connectivity index (χ1v) is 8.96. The molecule has 0 bridgehead atoms. The summed E-state index contributed by atoms with van der Waals surface area (Å²) in [6, 6.07) is 0. The molecule has 2 aliphatic heterocycles. The molecule has 4 nitrogen and oxygen atoms in total. The molecule has 0 amide bonds. The number of hydrogen-bond acceptors (Lipinski definition) is 4. The van der Waals surface area contributed by atoms with Crippen molar-refractivity contribution in [1.82, 2.24) is 10.2 Å². The second kappa shape index (κ2) is 6.74. The average molecular weight is 311 g/mol. The van der Waals surface area contributed by atoms with E-state index in [9.17, 15) is 8.42 Å². The second-order valence-electron chi connectivity index (χ2n) is 6.40. The zero-order valence-electron chi connectivity index (χ0n) is 12.0. The number of nitrogens with zero attached hydrogens (tertiary/aromatic N) is 1. The van der Waals surface area contributed by atoms with Crippen molar-refractivity contribution in [3.8, 4) is 0 Å². The smallest absolute Gasteiger partial charge is 0.150 e. The van der Waals surface area contributed by atoms with E-state index in [2.05, 4.69) is 17.1 Å². The fourth-order valence-electron chi connectivity index (χ4n) is 3.26. The van der Waals surface area contributed by atoms with Gasteiger partial charge < -0.3 is 10.2 Å². The van der Waals surface area contributed by atoms with Gasteiger partial charge in [-0.15, -0.1) is 12.4 Å². The summed E-state index contributed by atoms with van der Waals surface area (Å²) in [4.78, 5) is 2.47. The molecule has 2 saturated heterocycles. The summed E-state index contributed by atoms with van der Waals surface area (Å²) >= 11 is 0. The van der Waals surface area contributed by atoms with Crippen LogP contribution < -0.4 is 5.32 Å². The van der Waals surface area contributed by atoms with Gasteiger partial charge in [0, 0.05) is 19.3 Å². The molecule has 0 aromatic heterocycles. The first-order valence-electron chi connectivity index (χ1n) is 7.01. The van der Waals surface area contributed by atoms with Crippen LogP contribution >= 0.6 is 12.4 Å². The van der Waals surface area contributed by atoms with Crippen LogP contribution in [0.3, 0.4) is 0 Å². The zero-order valence-corrected chi connectivity index (χ0v) is 13.7. The van der Waals surface area contributed by atoms with Gasteiger partial charge >= 0.3 is 0 Å². The van der Waals surface area contributed by atoms with Gasteiger partial charge in [0.25, 0.3) is 0 Å². The Kier molecular flexibility index (Phi) is 6.11. The monoisotopic (exact) mass is 310 g/mol. The molecule has 2 aliphatic rings. The van der Waals surface area contributed by atoms with E-state index in [1.54, 1.807) is 0 Å². The lowest BCUT2D eigenvalue weighted by Crippen LogP contribution is -2.38. The highest BCUT2D eigenvalue weighted by Gasteiger charge is 2.32. The fourth-order valence-corrected chi connectivity index (χ4v) is 4.38. The van der Waals surface area contributed by atoms with E-state index in [0.29, 0.717) is 5.41 Å². The lowest BCUT2D eigenvalue weighted by Gasteiger charge is -2.31. The Morgan fingerprint density at radius 2 is 2.05 bits per heavy atom. The molecule has 0 aliphatic carbocycles. The third-order valence-electron chi connectivity index (χ3n) is 4.44. The summed E-state index contributed by atoms with van der Waals surface area (Å²) in [5.74, 6) is 0. The van der Waals surface area contributed by atoms with Crippen LogP contribution in [0.25, 0.3) is 0 Å². The maximum Gasteiger partial charge on any atom is 0.150 e. The van der Waals surface area contributed by atoms with Gasteiger partial charge in [-0.1, -0.05) is 6.92 Å². The molecular formula is C13H27ClN2O2S. The minimum Gasteiger partial charge on any atom is -0.316 e. The van der Waals surface area contributed by atoms with Crippen LogP contribution in [0.15, 0.2) is 0 Å². The fraction of sp³-hybridized carbons (Fsp3) is 1.00. The molecule has 114 valence electrons. The van der Waals surface area contributed by atoms with Gasteiger partial charge in [-0.05, 0) is 50.7 Å². The minimum absolute atomic E-state index is 0. The van der Waals surface area contributed by atoms with Crippen molar-refractivity contribution >= 4 is 22.2 Å². The lowest BCUT2D eigenvalue weighted by atomic mass is 9.89. The summed E-state index contributed by atoms with van der Waals surface area (Å²) in [6.45, 7) is 7.66. The molecule has 2 rings (SSSR count). The summed E-state index contributed by atoms with van der Waals surface area (Å²) in [6.07, 6.45) is 5.28. The molecule has 1 N–H and O–H groups in total. The maximum absolute atomic E-state index is 11.6. The van der Waals surface area contributed by atoms with Crippen molar-refractivity contribution in [2.45, 2.75) is 37.9 Å². The molecule has 0 spiro atoms. The zero-order chi connectivity index (χ0) is 13.2. The van der Waals surface area contributed by atoms with Crippen LogP contribution in [0.5, 0.6) is 0 Å². The molecule has 2 heterocycles. The second-order valence-corrected chi connectivity index (χ2v) is 8.72. The molecule has 2 unspecified atom stereocenters. The first-order chi connectivity index (χ1) is 8.39. The highest BCUT2D eigenvalue weighted by Crippen LogP contribution is 2.27. The van der Waals surface area contributed by atoms with Crippen LogP contribution in [0.2, 0.25) is 0 Å². The first kappa shape index (κ1) is 17.2. The van der Waals surface area contributed by atoms with Gasteiger partial charge in [-0.2, -0.15) is 0 Å². The molecule has 2 atom stereocenters. The lowest BCUT2D eigenvalue weighted by molar-refractivity contribution is 0.183. The van der Waals surface area contributed by atoms with Crippen molar-refractivity contribution in [2.24, 2.45) is 5.41 Å². The number of rotatable bonds is 3. The van der Waals surface area contributed by atoms with E-state index in [4.69, 9.17) is 0 Å². The van der Waals surface area contributed by atoms with Gasteiger partial charge in [0.05, 0.1) is 5.25 Å². The molecule has 0 saturated carbocycles. The number of nitrogens with one attached hydrogen (secondary N) is 1. The molecule has 0 radical (unpaired) electrons. The van der Waals surface area contributed by atoms with Crippen LogP contribution in [-0.4, -0.2) is 57.5 Å². The third-order valence-corrected chi connectivity index (χ3v) is 6.12. The molecule has 0 aromatic rings. The van der Waals surface area contributed by atoms with E-state index in [1.807, 2.05) is 0 Å². The van der Waals surface area contributed by atoms with E-state index in [1.165, 1.54) is 12.7 Å². The number of sulfone groups is 1. The van der Waals surface area contributed by atoms with Crippen LogP contribution in [-0.2, 0) is 9.84 Å². The van der Waals surface area contributed by atoms with Gasteiger partial charge in [0.15, 0.2) is 0 Å². The predicted octanol–water partition coefficient (Wildman–Crippen LogP) is 1.31. The Morgan fingerprint density at radius 3 is 2.63 bits per heavy atom. The summed E-state index contributed by atoms with van der Waals surface area (Å²) in [5.41, 5.74) is 0.380. The van der Waals surface area contributed by atoms with Gasteiger partial charge in [-0.25, -0.2) is 8.42 Å². The van der Waals surface area contributed by atoms with Gasteiger partial charge in [0.1, 0.15) is 9.84 Å². The van der Waals surface area contributed by atoms with Crippen LogP contribution in [0.4, 0.5) is 0 Å². The molecule has 6 heteroatoms. The SMILES string of the molecule is CC1(CN2CCCC(S(C)(=O)=O)CC2)CCNC1.Cl. The highest BCUT2D eigenvalue weighted by atomic mass is 35.5. The van der Waals surface area contributed by atoms with Crippen LogP contribution in [0, 0.1) is 5.41 Å².